The van der Waals surface area contributed by atoms with Crippen molar-refractivity contribution in [2.24, 2.45) is 5.92 Å². The quantitative estimate of drug-likeness (QED) is 0.773. The van der Waals surface area contributed by atoms with Crippen LogP contribution in [-0.2, 0) is 6.42 Å². The highest BCUT2D eigenvalue weighted by Gasteiger charge is 2.25. The van der Waals surface area contributed by atoms with Gasteiger partial charge in [0.1, 0.15) is 0 Å². The van der Waals surface area contributed by atoms with Crippen LogP contribution in [0.5, 0.6) is 0 Å². The maximum Gasteiger partial charge on any atom is 0.0401 e. The van der Waals surface area contributed by atoms with Crippen LogP contribution in [0, 0.1) is 5.92 Å². The van der Waals surface area contributed by atoms with Gasteiger partial charge in [0.05, 0.1) is 0 Å². The molecule has 0 atom stereocenters. The molecule has 0 bridgehead atoms. The molecule has 0 saturated carbocycles. The molecule has 2 heterocycles. The van der Waals surface area contributed by atoms with Crippen LogP contribution >= 0.6 is 11.8 Å². The van der Waals surface area contributed by atoms with Crippen molar-refractivity contribution >= 4 is 23.1 Å². The summed E-state index contributed by atoms with van der Waals surface area (Å²) in [6.45, 7) is 2.42. The zero-order chi connectivity index (χ0) is 10.3. The Bertz CT molecular complexity index is 374. The molecular weight excluding hydrogens is 204 g/mol. The molecule has 0 aromatic heterocycles. The van der Waals surface area contributed by atoms with Crippen LogP contribution in [0.3, 0.4) is 0 Å². The van der Waals surface area contributed by atoms with Crippen molar-refractivity contribution in [3.63, 3.8) is 0 Å². The Morgan fingerprint density at radius 1 is 1.40 bits per heavy atom. The maximum absolute atomic E-state index is 5.79. The topological polar surface area (TPSA) is 29.3 Å². The Kier molecular flexibility index (Phi) is 2.28. The van der Waals surface area contributed by atoms with Crippen LogP contribution < -0.4 is 10.6 Å². The van der Waals surface area contributed by atoms with Crippen LogP contribution in [-0.4, -0.2) is 24.6 Å². The second-order valence-corrected chi connectivity index (χ2v) is 5.56. The SMILES string of the molecule is Nc1ccc2c(c1)CCN2CC1CSC1. The minimum atomic E-state index is 0.898. The van der Waals surface area contributed by atoms with Gasteiger partial charge in [0, 0.05) is 24.5 Å². The molecule has 3 heteroatoms. The smallest absolute Gasteiger partial charge is 0.0401 e. The summed E-state index contributed by atoms with van der Waals surface area (Å²) in [7, 11) is 0. The van der Waals surface area contributed by atoms with Crippen molar-refractivity contribution in [3.05, 3.63) is 23.8 Å². The van der Waals surface area contributed by atoms with Crippen LogP contribution in [0.4, 0.5) is 11.4 Å². The highest BCUT2D eigenvalue weighted by molar-refractivity contribution is 8.00. The van der Waals surface area contributed by atoms with E-state index in [0.29, 0.717) is 0 Å². The van der Waals surface area contributed by atoms with Gasteiger partial charge in [-0.3, -0.25) is 0 Å². The van der Waals surface area contributed by atoms with Crippen molar-refractivity contribution in [1.82, 2.24) is 0 Å². The molecule has 2 nitrogen and oxygen atoms in total. The van der Waals surface area contributed by atoms with Gasteiger partial charge in [0.25, 0.3) is 0 Å². The number of nitrogen functional groups attached to an aromatic ring is 1. The van der Waals surface area contributed by atoms with E-state index < -0.39 is 0 Å². The van der Waals surface area contributed by atoms with E-state index in [4.69, 9.17) is 5.73 Å². The molecule has 2 aliphatic rings. The molecule has 15 heavy (non-hydrogen) atoms. The predicted octanol–water partition coefficient (Wildman–Crippen LogP) is 1.99. The number of nitrogens with two attached hydrogens (primary N) is 1. The minimum absolute atomic E-state index is 0.898. The number of hydrogen-bond acceptors (Lipinski definition) is 3. The number of anilines is 2. The van der Waals surface area contributed by atoms with Gasteiger partial charge in [-0.25, -0.2) is 0 Å². The van der Waals surface area contributed by atoms with E-state index in [1.165, 1.54) is 42.3 Å². The Labute approximate surface area is 94.8 Å². The van der Waals surface area contributed by atoms with E-state index in [0.717, 1.165) is 11.6 Å². The summed E-state index contributed by atoms with van der Waals surface area (Å²) in [6, 6.07) is 6.33. The van der Waals surface area contributed by atoms with Crippen LogP contribution in [0.15, 0.2) is 18.2 Å². The first-order chi connectivity index (χ1) is 7.33. The summed E-state index contributed by atoms with van der Waals surface area (Å²) in [6.07, 6.45) is 1.17. The zero-order valence-electron chi connectivity index (χ0n) is 8.78. The average Bonchev–Trinajstić information content (AvgIpc) is 2.54. The monoisotopic (exact) mass is 220 g/mol. The first-order valence-electron chi connectivity index (χ1n) is 5.54. The molecule has 1 aromatic carbocycles. The summed E-state index contributed by atoms with van der Waals surface area (Å²) in [5.41, 5.74) is 9.54. The second kappa shape index (κ2) is 3.63. The lowest BCUT2D eigenvalue weighted by molar-refractivity contribution is 0.614. The Morgan fingerprint density at radius 3 is 3.00 bits per heavy atom. The molecule has 2 N–H and O–H groups in total. The molecule has 0 amide bonds. The highest BCUT2D eigenvalue weighted by atomic mass is 32.2. The number of thioether (sulfide) groups is 1. The number of fused-ring (bicyclic) bond motifs is 1. The zero-order valence-corrected chi connectivity index (χ0v) is 9.59. The number of rotatable bonds is 2. The van der Waals surface area contributed by atoms with Crippen molar-refractivity contribution in [2.45, 2.75) is 6.42 Å². The van der Waals surface area contributed by atoms with Crippen LogP contribution in [0.2, 0.25) is 0 Å². The van der Waals surface area contributed by atoms with Crippen LogP contribution in [0.25, 0.3) is 0 Å². The highest BCUT2D eigenvalue weighted by Crippen LogP contribution is 2.33. The third kappa shape index (κ3) is 1.69. The molecule has 1 aromatic rings. The summed E-state index contributed by atoms with van der Waals surface area (Å²) >= 11 is 2.07. The van der Waals surface area contributed by atoms with Gasteiger partial charge in [-0.05, 0) is 47.6 Å². The lowest BCUT2D eigenvalue weighted by Gasteiger charge is -2.31. The second-order valence-electron chi connectivity index (χ2n) is 4.49. The molecular formula is C12H16N2S. The van der Waals surface area contributed by atoms with Gasteiger partial charge in [0.2, 0.25) is 0 Å². The normalized spacial score (nSPS) is 20.1. The average molecular weight is 220 g/mol. The summed E-state index contributed by atoms with van der Waals surface area (Å²) in [5, 5.41) is 0. The van der Waals surface area contributed by atoms with E-state index >= 15 is 0 Å². The largest absolute Gasteiger partial charge is 0.399 e. The Morgan fingerprint density at radius 2 is 2.27 bits per heavy atom. The summed E-state index contributed by atoms with van der Waals surface area (Å²) < 4.78 is 0. The fourth-order valence-electron chi connectivity index (χ4n) is 2.38. The third-order valence-electron chi connectivity index (χ3n) is 3.28. The van der Waals surface area contributed by atoms with Gasteiger partial charge >= 0.3 is 0 Å². The summed E-state index contributed by atoms with van der Waals surface area (Å²) in [4.78, 5) is 2.53. The van der Waals surface area contributed by atoms with Gasteiger partial charge in [-0.2, -0.15) is 11.8 Å². The van der Waals surface area contributed by atoms with Crippen LogP contribution in [0.1, 0.15) is 5.56 Å². The minimum Gasteiger partial charge on any atom is -0.399 e. The number of nitrogens with zero attached hydrogens (tertiary/aromatic N) is 1. The van der Waals surface area contributed by atoms with E-state index in [-0.39, 0.29) is 0 Å². The number of hydrogen-bond donors (Lipinski definition) is 1. The summed E-state index contributed by atoms with van der Waals surface area (Å²) in [5.74, 6) is 3.61. The first kappa shape index (κ1) is 9.40. The fraction of sp³-hybridized carbons (Fsp3) is 0.500. The molecule has 3 rings (SSSR count). The van der Waals surface area contributed by atoms with Gasteiger partial charge in [0.15, 0.2) is 0 Å². The van der Waals surface area contributed by atoms with E-state index in [2.05, 4.69) is 28.8 Å². The first-order valence-corrected chi connectivity index (χ1v) is 6.69. The molecule has 1 fully saturated rings. The molecule has 0 unspecified atom stereocenters. The van der Waals surface area contributed by atoms with Crippen molar-refractivity contribution in [2.75, 3.05) is 35.2 Å². The maximum atomic E-state index is 5.79. The van der Waals surface area contributed by atoms with E-state index in [1.807, 2.05) is 6.07 Å². The van der Waals surface area contributed by atoms with E-state index in [9.17, 15) is 0 Å². The van der Waals surface area contributed by atoms with Crippen molar-refractivity contribution < 1.29 is 0 Å². The third-order valence-corrected chi connectivity index (χ3v) is 4.70. The van der Waals surface area contributed by atoms with Crippen molar-refractivity contribution in [3.8, 4) is 0 Å². The van der Waals surface area contributed by atoms with Gasteiger partial charge in [-0.1, -0.05) is 0 Å². The molecule has 2 aliphatic heterocycles. The molecule has 0 radical (unpaired) electrons. The van der Waals surface area contributed by atoms with Gasteiger partial charge < -0.3 is 10.6 Å². The standard InChI is InChI=1S/C12H16N2S/c13-11-1-2-12-10(5-11)3-4-14(12)6-9-7-15-8-9/h1-2,5,9H,3-4,6-8,13H2. The lowest BCUT2D eigenvalue weighted by atomic mass is 10.1. The molecule has 80 valence electrons. The predicted molar refractivity (Wildman–Crippen MR) is 67.6 cm³/mol. The number of benzene rings is 1. The molecule has 1 saturated heterocycles. The van der Waals surface area contributed by atoms with Crippen molar-refractivity contribution in [1.29, 1.82) is 0 Å². The Hall–Kier alpha value is -0.830. The van der Waals surface area contributed by atoms with E-state index in [1.54, 1.807) is 0 Å². The van der Waals surface area contributed by atoms with Gasteiger partial charge in [-0.15, -0.1) is 0 Å². The Balaban J connectivity index is 1.78. The fourth-order valence-corrected chi connectivity index (χ4v) is 3.16. The lowest BCUT2D eigenvalue weighted by Crippen LogP contribution is -2.34. The molecule has 0 aliphatic carbocycles. The molecule has 0 spiro atoms.